The van der Waals surface area contributed by atoms with E-state index < -0.39 is 0 Å². The molecule has 1 saturated heterocycles. The first-order chi connectivity index (χ1) is 12.1. The fourth-order valence-corrected chi connectivity index (χ4v) is 3.47. The third-order valence-electron chi connectivity index (χ3n) is 4.45. The van der Waals surface area contributed by atoms with Crippen LogP contribution in [0, 0.1) is 23.2 Å². The predicted molar refractivity (Wildman–Crippen MR) is 97.6 cm³/mol. The highest BCUT2D eigenvalue weighted by atomic mass is 16.5. The minimum atomic E-state index is 0.364. The van der Waals surface area contributed by atoms with Crippen molar-refractivity contribution in [2.45, 2.75) is 33.6 Å². The van der Waals surface area contributed by atoms with Gasteiger partial charge in [0.05, 0.1) is 6.61 Å². The summed E-state index contributed by atoms with van der Waals surface area (Å²) in [5, 5.41) is 9.46. The summed E-state index contributed by atoms with van der Waals surface area (Å²) in [6.07, 6.45) is 2.18. The first kappa shape index (κ1) is 17.3. The Morgan fingerprint density at radius 1 is 1.24 bits per heavy atom. The van der Waals surface area contributed by atoms with E-state index in [4.69, 9.17) is 9.15 Å². The van der Waals surface area contributed by atoms with Crippen LogP contribution < -0.4 is 9.64 Å². The number of hydrogen-bond acceptors (Lipinski definition) is 5. The Kier molecular flexibility index (Phi) is 5.28. The number of rotatable bonds is 5. The molecule has 132 valence electrons. The van der Waals surface area contributed by atoms with E-state index in [0.717, 1.165) is 30.8 Å². The van der Waals surface area contributed by atoms with Gasteiger partial charge < -0.3 is 14.1 Å². The van der Waals surface area contributed by atoms with Crippen molar-refractivity contribution >= 4 is 5.88 Å². The van der Waals surface area contributed by atoms with Crippen LogP contribution in [0.2, 0.25) is 0 Å². The van der Waals surface area contributed by atoms with Crippen LogP contribution >= 0.6 is 0 Å². The molecule has 0 amide bonds. The average molecular weight is 339 g/mol. The Morgan fingerprint density at radius 2 is 1.92 bits per heavy atom. The molecule has 0 radical (unpaired) electrons. The lowest BCUT2D eigenvalue weighted by Crippen LogP contribution is -2.38. The molecule has 0 bridgehead atoms. The summed E-state index contributed by atoms with van der Waals surface area (Å²) in [6, 6.07) is 9.84. The van der Waals surface area contributed by atoms with Crippen LogP contribution in [-0.4, -0.2) is 24.7 Å². The van der Waals surface area contributed by atoms with Gasteiger partial charge in [-0.1, -0.05) is 20.8 Å². The van der Waals surface area contributed by atoms with Crippen molar-refractivity contribution in [3.63, 3.8) is 0 Å². The third-order valence-corrected chi connectivity index (χ3v) is 4.45. The number of anilines is 1. The first-order valence-corrected chi connectivity index (χ1v) is 8.99. The smallest absolute Gasteiger partial charge is 0.235 e. The van der Waals surface area contributed by atoms with Gasteiger partial charge in [0.1, 0.15) is 11.8 Å². The van der Waals surface area contributed by atoms with E-state index in [1.807, 2.05) is 24.3 Å². The van der Waals surface area contributed by atoms with Crippen molar-refractivity contribution in [2.75, 3.05) is 24.6 Å². The molecule has 5 heteroatoms. The Balaban J connectivity index is 1.84. The first-order valence-electron chi connectivity index (χ1n) is 8.99. The van der Waals surface area contributed by atoms with E-state index in [0.29, 0.717) is 35.9 Å². The molecule has 2 unspecified atom stereocenters. The average Bonchev–Trinajstić information content (AvgIpc) is 3.04. The maximum absolute atomic E-state index is 9.46. The molecule has 1 aromatic carbocycles. The zero-order valence-electron chi connectivity index (χ0n) is 15.2. The minimum absolute atomic E-state index is 0.364. The third kappa shape index (κ3) is 3.96. The molecule has 5 nitrogen and oxygen atoms in total. The highest BCUT2D eigenvalue weighted by molar-refractivity contribution is 5.60. The molecule has 25 heavy (non-hydrogen) atoms. The van der Waals surface area contributed by atoms with Gasteiger partial charge in [0, 0.05) is 18.7 Å². The van der Waals surface area contributed by atoms with Crippen LogP contribution in [0.3, 0.4) is 0 Å². The topological polar surface area (TPSA) is 62.3 Å². The minimum Gasteiger partial charge on any atom is -0.494 e. The summed E-state index contributed by atoms with van der Waals surface area (Å²) in [4.78, 5) is 6.57. The van der Waals surface area contributed by atoms with Crippen LogP contribution in [0.5, 0.6) is 5.75 Å². The molecule has 2 heterocycles. The van der Waals surface area contributed by atoms with Crippen LogP contribution in [0.1, 0.15) is 39.3 Å². The molecular formula is C20H25N3O2. The van der Waals surface area contributed by atoms with Crippen molar-refractivity contribution in [3.8, 4) is 23.3 Å². The van der Waals surface area contributed by atoms with Crippen LogP contribution in [0.15, 0.2) is 28.7 Å². The predicted octanol–water partition coefficient (Wildman–Crippen LogP) is 4.48. The van der Waals surface area contributed by atoms with Crippen LogP contribution in [0.4, 0.5) is 5.88 Å². The molecule has 1 fully saturated rings. The Bertz CT molecular complexity index is 735. The van der Waals surface area contributed by atoms with Crippen LogP contribution in [0.25, 0.3) is 11.5 Å². The van der Waals surface area contributed by atoms with Gasteiger partial charge in [-0.15, -0.1) is 0 Å². The van der Waals surface area contributed by atoms with E-state index in [2.05, 4.69) is 36.7 Å². The number of aromatic nitrogens is 1. The van der Waals surface area contributed by atoms with Gasteiger partial charge in [0.2, 0.25) is 17.5 Å². The Morgan fingerprint density at radius 3 is 2.52 bits per heavy atom. The SMILES string of the molecule is CCCOc1ccc(-c2nc(C#N)c(N3CC(C)CC(C)C3)o2)cc1. The van der Waals surface area contributed by atoms with E-state index >= 15 is 0 Å². The number of ether oxygens (including phenoxy) is 1. The highest BCUT2D eigenvalue weighted by Gasteiger charge is 2.27. The van der Waals surface area contributed by atoms with Crippen molar-refractivity contribution in [3.05, 3.63) is 30.0 Å². The number of nitrogens with zero attached hydrogens (tertiary/aromatic N) is 3. The van der Waals surface area contributed by atoms with Gasteiger partial charge in [0.15, 0.2) is 0 Å². The lowest BCUT2D eigenvalue weighted by atomic mass is 9.92. The molecule has 1 aromatic heterocycles. The van der Waals surface area contributed by atoms with Crippen molar-refractivity contribution in [2.24, 2.45) is 11.8 Å². The number of piperidine rings is 1. The standard InChI is InChI=1S/C20H25N3O2/c1-4-9-24-17-7-5-16(6-8-17)19-22-18(11-21)20(25-19)23-12-14(2)10-15(3)13-23/h5-8,14-15H,4,9-10,12-13H2,1-3H3. The number of nitriles is 1. The van der Waals surface area contributed by atoms with Gasteiger partial charge in [-0.3, -0.25) is 0 Å². The summed E-state index contributed by atoms with van der Waals surface area (Å²) in [5.74, 6) is 3.08. The van der Waals surface area contributed by atoms with Crippen LogP contribution in [-0.2, 0) is 0 Å². The Hall–Kier alpha value is -2.48. The maximum atomic E-state index is 9.46. The molecule has 2 aromatic rings. The highest BCUT2D eigenvalue weighted by Crippen LogP contribution is 2.32. The van der Waals surface area contributed by atoms with Gasteiger partial charge in [-0.25, -0.2) is 0 Å². The zero-order chi connectivity index (χ0) is 17.8. The molecule has 0 saturated carbocycles. The zero-order valence-corrected chi connectivity index (χ0v) is 15.2. The van der Waals surface area contributed by atoms with E-state index in [9.17, 15) is 5.26 Å². The molecule has 3 rings (SSSR count). The fourth-order valence-electron chi connectivity index (χ4n) is 3.47. The normalized spacial score (nSPS) is 20.3. The molecule has 1 aliphatic rings. The number of oxazole rings is 1. The summed E-state index contributed by atoms with van der Waals surface area (Å²) in [5.41, 5.74) is 1.22. The molecule has 1 aliphatic heterocycles. The second-order valence-corrected chi connectivity index (χ2v) is 7.01. The van der Waals surface area contributed by atoms with Gasteiger partial charge >= 0.3 is 0 Å². The lowest BCUT2D eigenvalue weighted by molar-refractivity contribution is 0.317. The fraction of sp³-hybridized carbons (Fsp3) is 0.500. The Labute approximate surface area is 149 Å². The quantitative estimate of drug-likeness (QED) is 0.803. The second-order valence-electron chi connectivity index (χ2n) is 7.01. The van der Waals surface area contributed by atoms with Crippen molar-refractivity contribution < 1.29 is 9.15 Å². The summed E-state index contributed by atoms with van der Waals surface area (Å²) in [6.45, 7) is 9.05. The summed E-state index contributed by atoms with van der Waals surface area (Å²) in [7, 11) is 0. The monoisotopic (exact) mass is 339 g/mol. The number of benzene rings is 1. The van der Waals surface area contributed by atoms with E-state index in [1.54, 1.807) is 0 Å². The van der Waals surface area contributed by atoms with Crippen molar-refractivity contribution in [1.29, 1.82) is 5.26 Å². The molecule has 0 aliphatic carbocycles. The number of hydrogen-bond donors (Lipinski definition) is 0. The molecule has 2 atom stereocenters. The molecule has 0 N–H and O–H groups in total. The van der Waals surface area contributed by atoms with Gasteiger partial charge in [-0.05, 0) is 48.9 Å². The van der Waals surface area contributed by atoms with Gasteiger partial charge in [0.25, 0.3) is 0 Å². The summed E-state index contributed by atoms with van der Waals surface area (Å²) >= 11 is 0. The molecule has 0 spiro atoms. The molecular weight excluding hydrogens is 314 g/mol. The van der Waals surface area contributed by atoms with Crippen molar-refractivity contribution in [1.82, 2.24) is 4.98 Å². The lowest BCUT2D eigenvalue weighted by Gasteiger charge is -2.34. The maximum Gasteiger partial charge on any atom is 0.235 e. The largest absolute Gasteiger partial charge is 0.494 e. The second kappa shape index (κ2) is 7.60. The van der Waals surface area contributed by atoms with E-state index in [1.165, 1.54) is 6.42 Å². The van der Waals surface area contributed by atoms with Gasteiger partial charge in [-0.2, -0.15) is 10.2 Å². The summed E-state index contributed by atoms with van der Waals surface area (Å²) < 4.78 is 11.6. The van der Waals surface area contributed by atoms with E-state index in [-0.39, 0.29) is 0 Å².